The van der Waals surface area contributed by atoms with Crippen LogP contribution >= 0.6 is 0 Å². The Hall–Kier alpha value is -0.260. The van der Waals surface area contributed by atoms with Gasteiger partial charge >= 0.3 is 0 Å². The maximum atomic E-state index is 2.32. The molecule has 0 radical (unpaired) electrons. The SMILES string of the molecule is CCC1CC=CCC1. The fourth-order valence-corrected chi connectivity index (χ4v) is 1.23. The second-order valence-corrected chi connectivity index (χ2v) is 2.56. The van der Waals surface area contributed by atoms with Gasteiger partial charge in [-0.05, 0) is 25.2 Å². The summed E-state index contributed by atoms with van der Waals surface area (Å²) in [7, 11) is 0. The van der Waals surface area contributed by atoms with Gasteiger partial charge in [0.1, 0.15) is 0 Å². The van der Waals surface area contributed by atoms with Gasteiger partial charge in [0.25, 0.3) is 0 Å². The average molecular weight is 110 g/mol. The van der Waals surface area contributed by atoms with Gasteiger partial charge in [0.05, 0.1) is 0 Å². The van der Waals surface area contributed by atoms with Gasteiger partial charge in [-0.1, -0.05) is 25.5 Å². The van der Waals surface area contributed by atoms with E-state index in [1.165, 1.54) is 25.7 Å². The van der Waals surface area contributed by atoms with Crippen molar-refractivity contribution in [3.8, 4) is 0 Å². The van der Waals surface area contributed by atoms with E-state index in [0.29, 0.717) is 0 Å². The van der Waals surface area contributed by atoms with Crippen LogP contribution in [-0.2, 0) is 0 Å². The molecule has 0 aromatic carbocycles. The van der Waals surface area contributed by atoms with Crippen molar-refractivity contribution in [2.45, 2.75) is 32.6 Å². The third-order valence-electron chi connectivity index (χ3n) is 1.96. The zero-order valence-corrected chi connectivity index (χ0v) is 5.56. The van der Waals surface area contributed by atoms with E-state index in [1.807, 2.05) is 0 Å². The van der Waals surface area contributed by atoms with E-state index in [9.17, 15) is 0 Å². The first-order valence-corrected chi connectivity index (χ1v) is 3.58. The molecule has 0 fully saturated rings. The molecule has 0 spiro atoms. The van der Waals surface area contributed by atoms with Crippen molar-refractivity contribution in [1.82, 2.24) is 0 Å². The van der Waals surface area contributed by atoms with Crippen molar-refractivity contribution in [2.75, 3.05) is 0 Å². The van der Waals surface area contributed by atoms with Gasteiger partial charge in [-0.3, -0.25) is 0 Å². The van der Waals surface area contributed by atoms with E-state index in [-0.39, 0.29) is 0 Å². The fraction of sp³-hybridized carbons (Fsp3) is 0.750. The summed E-state index contributed by atoms with van der Waals surface area (Å²) in [4.78, 5) is 0. The molecule has 0 amide bonds. The molecule has 0 heteroatoms. The minimum absolute atomic E-state index is 1.000. The third kappa shape index (κ3) is 1.36. The maximum Gasteiger partial charge on any atom is -0.0322 e. The molecule has 0 aromatic rings. The lowest BCUT2D eigenvalue weighted by Crippen LogP contribution is -1.99. The van der Waals surface area contributed by atoms with Gasteiger partial charge < -0.3 is 0 Å². The van der Waals surface area contributed by atoms with Crippen LogP contribution in [0, 0.1) is 5.92 Å². The fourth-order valence-electron chi connectivity index (χ4n) is 1.23. The van der Waals surface area contributed by atoms with Gasteiger partial charge in [-0.25, -0.2) is 0 Å². The monoisotopic (exact) mass is 110 g/mol. The van der Waals surface area contributed by atoms with Crippen LogP contribution in [0.4, 0.5) is 0 Å². The molecule has 1 aliphatic rings. The van der Waals surface area contributed by atoms with Crippen LogP contribution in [0.25, 0.3) is 0 Å². The second kappa shape index (κ2) is 2.91. The molecule has 1 unspecified atom stereocenters. The standard InChI is InChI=1S/C8H14/c1-2-8-6-4-3-5-7-8/h3-4,8H,2,5-7H2,1H3. The van der Waals surface area contributed by atoms with Crippen LogP contribution in [0.5, 0.6) is 0 Å². The average Bonchev–Trinajstić information content (AvgIpc) is 1.90. The lowest BCUT2D eigenvalue weighted by Gasteiger charge is -2.13. The van der Waals surface area contributed by atoms with Crippen molar-refractivity contribution in [1.29, 1.82) is 0 Å². The Balaban J connectivity index is 2.27. The first-order chi connectivity index (χ1) is 3.93. The van der Waals surface area contributed by atoms with Crippen LogP contribution in [0.15, 0.2) is 12.2 Å². The Morgan fingerprint density at radius 1 is 1.50 bits per heavy atom. The smallest absolute Gasteiger partial charge is 0.0322 e. The third-order valence-corrected chi connectivity index (χ3v) is 1.96. The predicted octanol–water partition coefficient (Wildman–Crippen LogP) is 2.75. The van der Waals surface area contributed by atoms with Gasteiger partial charge in [-0.15, -0.1) is 0 Å². The molecule has 0 nitrogen and oxygen atoms in total. The highest BCUT2D eigenvalue weighted by Gasteiger charge is 2.04. The molecule has 0 N–H and O–H groups in total. The van der Waals surface area contributed by atoms with E-state index in [0.717, 1.165) is 5.92 Å². The lowest BCUT2D eigenvalue weighted by atomic mass is 9.92. The molecule has 0 aliphatic heterocycles. The Morgan fingerprint density at radius 2 is 2.38 bits per heavy atom. The predicted molar refractivity (Wildman–Crippen MR) is 36.8 cm³/mol. The molecule has 1 atom stereocenters. The Bertz CT molecular complexity index is 82.0. The molecule has 46 valence electrons. The van der Waals surface area contributed by atoms with Crippen molar-refractivity contribution < 1.29 is 0 Å². The number of hydrogen-bond donors (Lipinski definition) is 0. The maximum absolute atomic E-state index is 2.32. The van der Waals surface area contributed by atoms with E-state index in [4.69, 9.17) is 0 Å². The quantitative estimate of drug-likeness (QED) is 0.455. The van der Waals surface area contributed by atoms with Crippen LogP contribution < -0.4 is 0 Å². The molecule has 1 aliphatic carbocycles. The minimum atomic E-state index is 1.000. The largest absolute Gasteiger partial charge is 0.0885 e. The van der Waals surface area contributed by atoms with E-state index < -0.39 is 0 Å². The number of allylic oxidation sites excluding steroid dienone is 2. The van der Waals surface area contributed by atoms with Gasteiger partial charge in [0, 0.05) is 0 Å². The molecule has 0 bridgehead atoms. The highest BCUT2D eigenvalue weighted by atomic mass is 14.1. The van der Waals surface area contributed by atoms with Crippen molar-refractivity contribution in [2.24, 2.45) is 5.92 Å². The zero-order valence-electron chi connectivity index (χ0n) is 5.56. The second-order valence-electron chi connectivity index (χ2n) is 2.56. The van der Waals surface area contributed by atoms with Crippen molar-refractivity contribution in [3.63, 3.8) is 0 Å². The van der Waals surface area contributed by atoms with Crippen LogP contribution in [0.2, 0.25) is 0 Å². The van der Waals surface area contributed by atoms with Gasteiger partial charge in [-0.2, -0.15) is 0 Å². The van der Waals surface area contributed by atoms with Crippen LogP contribution in [-0.4, -0.2) is 0 Å². The summed E-state index contributed by atoms with van der Waals surface area (Å²) in [5, 5.41) is 0. The molecular formula is C8H14. The molecule has 0 aromatic heterocycles. The first kappa shape index (κ1) is 5.87. The Kier molecular flexibility index (Phi) is 2.13. The van der Waals surface area contributed by atoms with Crippen molar-refractivity contribution >= 4 is 0 Å². The van der Waals surface area contributed by atoms with E-state index in [1.54, 1.807) is 0 Å². The summed E-state index contributed by atoms with van der Waals surface area (Å²) in [6.07, 6.45) is 10.1. The Morgan fingerprint density at radius 3 is 2.75 bits per heavy atom. The zero-order chi connectivity index (χ0) is 5.82. The first-order valence-electron chi connectivity index (χ1n) is 3.58. The molecule has 0 heterocycles. The van der Waals surface area contributed by atoms with Crippen molar-refractivity contribution in [3.05, 3.63) is 12.2 Å². The Labute approximate surface area is 51.6 Å². The summed E-state index contributed by atoms with van der Waals surface area (Å²) in [5.41, 5.74) is 0. The van der Waals surface area contributed by atoms with E-state index >= 15 is 0 Å². The lowest BCUT2D eigenvalue weighted by molar-refractivity contribution is 0.465. The van der Waals surface area contributed by atoms with Gasteiger partial charge in [0.2, 0.25) is 0 Å². The molecule has 8 heavy (non-hydrogen) atoms. The van der Waals surface area contributed by atoms with Gasteiger partial charge in [0.15, 0.2) is 0 Å². The number of hydrogen-bond acceptors (Lipinski definition) is 0. The van der Waals surface area contributed by atoms with E-state index in [2.05, 4.69) is 19.1 Å². The topological polar surface area (TPSA) is 0 Å². The summed E-state index contributed by atoms with van der Waals surface area (Å²) in [6, 6.07) is 0. The van der Waals surface area contributed by atoms with Crippen LogP contribution in [0.1, 0.15) is 32.6 Å². The summed E-state index contributed by atoms with van der Waals surface area (Å²) >= 11 is 0. The minimum Gasteiger partial charge on any atom is -0.0885 e. The highest BCUT2D eigenvalue weighted by molar-refractivity contribution is 4.89. The summed E-state index contributed by atoms with van der Waals surface area (Å²) in [5.74, 6) is 1.000. The number of rotatable bonds is 1. The highest BCUT2D eigenvalue weighted by Crippen LogP contribution is 2.20. The molecule has 0 saturated carbocycles. The molecule has 1 rings (SSSR count). The summed E-state index contributed by atoms with van der Waals surface area (Å²) < 4.78 is 0. The summed E-state index contributed by atoms with van der Waals surface area (Å²) in [6.45, 7) is 2.28. The molecule has 0 saturated heterocycles. The molecular weight excluding hydrogens is 96.1 g/mol. The normalized spacial score (nSPS) is 28.4. The van der Waals surface area contributed by atoms with Crippen LogP contribution in [0.3, 0.4) is 0 Å².